The van der Waals surface area contributed by atoms with Crippen molar-refractivity contribution < 1.29 is 0 Å². The van der Waals surface area contributed by atoms with Crippen LogP contribution in [0, 0.1) is 5.41 Å². The second-order valence-corrected chi connectivity index (χ2v) is 3.68. The first-order chi connectivity index (χ1) is 6.67. The number of nitrogens with one attached hydrogen (secondary N) is 1. The summed E-state index contributed by atoms with van der Waals surface area (Å²) in [5.74, 6) is 0. The molecule has 0 spiro atoms. The number of hydrogen-bond donors (Lipinski definition) is 2. The van der Waals surface area contributed by atoms with Crippen molar-refractivity contribution in [2.24, 2.45) is 5.73 Å². The lowest BCUT2D eigenvalue weighted by Gasteiger charge is -2.15. The molecule has 0 heterocycles. The van der Waals surface area contributed by atoms with Crippen molar-refractivity contribution in [2.45, 2.75) is 58.9 Å². The van der Waals surface area contributed by atoms with Gasteiger partial charge in [0.05, 0.1) is 0 Å². The van der Waals surface area contributed by atoms with Crippen LogP contribution >= 0.6 is 0 Å². The van der Waals surface area contributed by atoms with Gasteiger partial charge in [0.15, 0.2) is 0 Å². The van der Waals surface area contributed by atoms with E-state index in [9.17, 15) is 0 Å². The maximum Gasteiger partial charge on any atom is 0.0355 e. The Labute approximate surface area is 88.1 Å². The fraction of sp³-hybridized carbons (Fsp3) is 0.750. The molecule has 0 radical (unpaired) electrons. The van der Waals surface area contributed by atoms with E-state index in [2.05, 4.69) is 6.92 Å². The van der Waals surface area contributed by atoms with Crippen LogP contribution in [0.2, 0.25) is 0 Å². The summed E-state index contributed by atoms with van der Waals surface area (Å²) in [7, 11) is 0. The first kappa shape index (κ1) is 13.4. The molecule has 0 bridgehead atoms. The van der Waals surface area contributed by atoms with Crippen LogP contribution in [-0.2, 0) is 0 Å². The van der Waals surface area contributed by atoms with Crippen LogP contribution in [-0.4, -0.2) is 11.8 Å². The fourth-order valence-corrected chi connectivity index (χ4v) is 1.59. The minimum Gasteiger partial charge on any atom is -0.324 e. The van der Waals surface area contributed by atoms with Gasteiger partial charge in [-0.25, -0.2) is 0 Å². The number of rotatable bonds is 7. The molecule has 0 aliphatic rings. The Balaban J connectivity index is 4.06. The van der Waals surface area contributed by atoms with Crippen molar-refractivity contribution in [3.8, 4) is 0 Å². The SMILES string of the molecule is C/C=C(\C(=N)CC)C(N)CCCCC. The monoisotopic (exact) mass is 196 g/mol. The van der Waals surface area contributed by atoms with Crippen LogP contribution in [0.1, 0.15) is 52.9 Å². The Morgan fingerprint density at radius 3 is 2.43 bits per heavy atom. The van der Waals surface area contributed by atoms with E-state index >= 15 is 0 Å². The molecule has 0 rings (SSSR count). The molecule has 0 aromatic carbocycles. The lowest BCUT2D eigenvalue weighted by molar-refractivity contribution is 0.613. The van der Waals surface area contributed by atoms with E-state index in [0.29, 0.717) is 5.71 Å². The van der Waals surface area contributed by atoms with Crippen molar-refractivity contribution in [1.29, 1.82) is 5.41 Å². The minimum atomic E-state index is 0.0685. The topological polar surface area (TPSA) is 49.9 Å². The van der Waals surface area contributed by atoms with E-state index in [-0.39, 0.29) is 6.04 Å². The molecule has 2 heteroatoms. The van der Waals surface area contributed by atoms with E-state index < -0.39 is 0 Å². The number of hydrogen-bond acceptors (Lipinski definition) is 2. The van der Waals surface area contributed by atoms with E-state index in [4.69, 9.17) is 11.1 Å². The van der Waals surface area contributed by atoms with Gasteiger partial charge in [-0.15, -0.1) is 0 Å². The van der Waals surface area contributed by atoms with E-state index in [0.717, 1.165) is 18.4 Å². The van der Waals surface area contributed by atoms with Gasteiger partial charge in [-0.1, -0.05) is 39.2 Å². The van der Waals surface area contributed by atoms with Crippen LogP contribution in [0.25, 0.3) is 0 Å². The van der Waals surface area contributed by atoms with Crippen molar-refractivity contribution >= 4 is 5.71 Å². The molecule has 0 saturated heterocycles. The second-order valence-electron chi connectivity index (χ2n) is 3.68. The summed E-state index contributed by atoms with van der Waals surface area (Å²) in [4.78, 5) is 0. The van der Waals surface area contributed by atoms with E-state index in [1.807, 2.05) is 19.9 Å². The molecular formula is C12H24N2. The highest BCUT2D eigenvalue weighted by atomic mass is 14.6. The molecule has 14 heavy (non-hydrogen) atoms. The van der Waals surface area contributed by atoms with Gasteiger partial charge in [-0.3, -0.25) is 0 Å². The molecule has 1 atom stereocenters. The largest absolute Gasteiger partial charge is 0.324 e. The number of unbranched alkanes of at least 4 members (excludes halogenated alkanes) is 2. The van der Waals surface area contributed by atoms with Crippen molar-refractivity contribution in [1.82, 2.24) is 0 Å². The second kappa shape index (κ2) is 7.74. The zero-order valence-electron chi connectivity index (χ0n) is 9.77. The standard InChI is InChI=1S/C12H24N2/c1-4-7-8-9-12(14)10(5-2)11(13)6-3/h5,12-13H,4,6-9,14H2,1-3H3/b10-5+,13-11?. The molecule has 0 amide bonds. The first-order valence-corrected chi connectivity index (χ1v) is 5.66. The Kier molecular flexibility index (Phi) is 7.40. The average molecular weight is 196 g/mol. The maximum atomic E-state index is 7.76. The molecule has 1 unspecified atom stereocenters. The van der Waals surface area contributed by atoms with Gasteiger partial charge in [0.2, 0.25) is 0 Å². The zero-order chi connectivity index (χ0) is 11.0. The molecule has 82 valence electrons. The lowest BCUT2D eigenvalue weighted by Crippen LogP contribution is -2.26. The Hall–Kier alpha value is -0.630. The summed E-state index contributed by atoms with van der Waals surface area (Å²) in [6.07, 6.45) is 7.42. The quantitative estimate of drug-likeness (QED) is 0.476. The summed E-state index contributed by atoms with van der Waals surface area (Å²) in [6.45, 7) is 6.17. The Morgan fingerprint density at radius 2 is 2.00 bits per heavy atom. The molecule has 0 aromatic heterocycles. The van der Waals surface area contributed by atoms with Crippen LogP contribution < -0.4 is 5.73 Å². The van der Waals surface area contributed by atoms with Gasteiger partial charge >= 0.3 is 0 Å². The third kappa shape index (κ3) is 4.56. The van der Waals surface area contributed by atoms with Crippen molar-refractivity contribution in [2.75, 3.05) is 0 Å². The molecular weight excluding hydrogens is 172 g/mol. The third-order valence-corrected chi connectivity index (χ3v) is 2.53. The highest BCUT2D eigenvalue weighted by Crippen LogP contribution is 2.11. The van der Waals surface area contributed by atoms with Gasteiger partial charge in [0.25, 0.3) is 0 Å². The molecule has 3 N–H and O–H groups in total. The zero-order valence-corrected chi connectivity index (χ0v) is 9.77. The highest BCUT2D eigenvalue weighted by Gasteiger charge is 2.11. The van der Waals surface area contributed by atoms with Gasteiger partial charge in [0.1, 0.15) is 0 Å². The summed E-state index contributed by atoms with van der Waals surface area (Å²) >= 11 is 0. The summed E-state index contributed by atoms with van der Waals surface area (Å²) in [6, 6.07) is 0.0685. The molecule has 0 aromatic rings. The van der Waals surface area contributed by atoms with Crippen LogP contribution in [0.5, 0.6) is 0 Å². The minimum absolute atomic E-state index is 0.0685. The Bertz CT molecular complexity index is 194. The summed E-state index contributed by atoms with van der Waals surface area (Å²) in [5, 5.41) is 7.76. The molecule has 0 aliphatic carbocycles. The predicted molar refractivity (Wildman–Crippen MR) is 63.9 cm³/mol. The third-order valence-electron chi connectivity index (χ3n) is 2.53. The van der Waals surface area contributed by atoms with Crippen molar-refractivity contribution in [3.63, 3.8) is 0 Å². The lowest BCUT2D eigenvalue weighted by atomic mass is 9.96. The van der Waals surface area contributed by atoms with Gasteiger partial charge in [-0.2, -0.15) is 0 Å². The van der Waals surface area contributed by atoms with Crippen molar-refractivity contribution in [3.05, 3.63) is 11.6 Å². The summed E-state index contributed by atoms with van der Waals surface area (Å²) < 4.78 is 0. The predicted octanol–water partition coefficient (Wildman–Crippen LogP) is 3.27. The Morgan fingerprint density at radius 1 is 1.36 bits per heavy atom. The molecule has 2 nitrogen and oxygen atoms in total. The average Bonchev–Trinajstić information content (AvgIpc) is 2.19. The van der Waals surface area contributed by atoms with Crippen LogP contribution in [0.3, 0.4) is 0 Å². The summed E-state index contributed by atoms with van der Waals surface area (Å²) in [5.41, 5.74) is 7.76. The fourth-order valence-electron chi connectivity index (χ4n) is 1.59. The molecule has 0 saturated carbocycles. The first-order valence-electron chi connectivity index (χ1n) is 5.66. The molecule has 0 fully saturated rings. The van der Waals surface area contributed by atoms with E-state index in [1.54, 1.807) is 0 Å². The van der Waals surface area contributed by atoms with Gasteiger partial charge < -0.3 is 11.1 Å². The van der Waals surface area contributed by atoms with Gasteiger partial charge in [-0.05, 0) is 25.3 Å². The van der Waals surface area contributed by atoms with E-state index in [1.165, 1.54) is 19.3 Å². The van der Waals surface area contributed by atoms with Crippen LogP contribution in [0.15, 0.2) is 11.6 Å². The smallest absolute Gasteiger partial charge is 0.0355 e. The van der Waals surface area contributed by atoms with Gasteiger partial charge in [0, 0.05) is 11.8 Å². The number of allylic oxidation sites excluding steroid dienone is 1. The number of nitrogens with two attached hydrogens (primary N) is 1. The maximum absolute atomic E-state index is 7.76. The van der Waals surface area contributed by atoms with Crippen LogP contribution in [0.4, 0.5) is 0 Å². The molecule has 0 aliphatic heterocycles. The normalized spacial score (nSPS) is 14.1. The highest BCUT2D eigenvalue weighted by molar-refractivity contribution is 5.98.